The van der Waals surface area contributed by atoms with Gasteiger partial charge in [-0.1, -0.05) is 24.3 Å². The Hall–Kier alpha value is -3.75. The van der Waals surface area contributed by atoms with Gasteiger partial charge in [-0.05, 0) is 55.0 Å². The number of hydrogen-bond acceptors (Lipinski definition) is 6. The van der Waals surface area contributed by atoms with Crippen molar-refractivity contribution < 1.29 is 14.0 Å². The zero-order valence-electron chi connectivity index (χ0n) is 16.9. The van der Waals surface area contributed by atoms with Gasteiger partial charge in [-0.3, -0.25) is 9.59 Å². The standard InChI is InChI=1S/C24H17N3O3S2/c1-14-13-20(27-22(28)18-10-6-12-30-18)32-21(14)23(29)25-16-8-3-2-7-15(16)24-26-17-9-4-5-11-19(17)31-24/h2-13H,1H3,(H,25,29)(H,27,28). The molecule has 2 N–H and O–H groups in total. The molecular formula is C24H17N3O3S2. The number of nitrogens with zero attached hydrogens (tertiary/aromatic N) is 1. The Morgan fingerprint density at radius 3 is 2.53 bits per heavy atom. The molecule has 0 fully saturated rings. The van der Waals surface area contributed by atoms with Gasteiger partial charge < -0.3 is 15.1 Å². The average Bonchev–Trinajstić information content (AvgIpc) is 3.53. The molecule has 0 saturated carbocycles. The number of fused-ring (bicyclic) bond motifs is 1. The Labute approximate surface area is 191 Å². The molecule has 8 heteroatoms. The number of hydrogen-bond donors (Lipinski definition) is 2. The molecule has 158 valence electrons. The smallest absolute Gasteiger partial charge is 0.291 e. The third-order valence-electron chi connectivity index (χ3n) is 4.81. The van der Waals surface area contributed by atoms with Gasteiger partial charge in [0.2, 0.25) is 0 Å². The number of thiazole rings is 1. The summed E-state index contributed by atoms with van der Waals surface area (Å²) in [5.74, 6) is -0.379. The highest BCUT2D eigenvalue weighted by Gasteiger charge is 2.18. The van der Waals surface area contributed by atoms with Gasteiger partial charge in [0.25, 0.3) is 11.8 Å². The summed E-state index contributed by atoms with van der Waals surface area (Å²) in [5.41, 5.74) is 3.26. The van der Waals surface area contributed by atoms with Crippen LogP contribution in [0, 0.1) is 6.92 Å². The van der Waals surface area contributed by atoms with E-state index in [0.29, 0.717) is 15.6 Å². The first kappa shape index (κ1) is 20.2. The third-order valence-corrected chi connectivity index (χ3v) is 7.03. The number of benzene rings is 2. The first-order valence-electron chi connectivity index (χ1n) is 9.80. The van der Waals surface area contributed by atoms with E-state index in [-0.39, 0.29) is 17.6 Å². The van der Waals surface area contributed by atoms with Crippen molar-refractivity contribution in [3.63, 3.8) is 0 Å². The molecule has 0 aliphatic rings. The number of aryl methyl sites for hydroxylation is 1. The van der Waals surface area contributed by atoms with E-state index in [1.807, 2.05) is 55.5 Å². The van der Waals surface area contributed by atoms with Gasteiger partial charge in [-0.25, -0.2) is 4.98 Å². The van der Waals surface area contributed by atoms with E-state index in [0.717, 1.165) is 26.4 Å². The van der Waals surface area contributed by atoms with Crippen molar-refractivity contribution in [1.29, 1.82) is 0 Å². The molecule has 0 radical (unpaired) electrons. The van der Waals surface area contributed by atoms with Crippen LogP contribution in [-0.2, 0) is 0 Å². The van der Waals surface area contributed by atoms with E-state index in [2.05, 4.69) is 10.6 Å². The number of rotatable bonds is 5. The molecule has 0 aliphatic heterocycles. The highest BCUT2D eigenvalue weighted by Crippen LogP contribution is 2.35. The van der Waals surface area contributed by atoms with Gasteiger partial charge in [0.05, 0.1) is 32.0 Å². The number of nitrogens with one attached hydrogen (secondary N) is 2. The van der Waals surface area contributed by atoms with E-state index in [1.165, 1.54) is 17.6 Å². The molecule has 0 atom stereocenters. The average molecular weight is 460 g/mol. The number of furan rings is 1. The van der Waals surface area contributed by atoms with Crippen LogP contribution >= 0.6 is 22.7 Å². The number of aromatic nitrogens is 1. The van der Waals surface area contributed by atoms with Crippen LogP contribution in [0.25, 0.3) is 20.8 Å². The summed E-state index contributed by atoms with van der Waals surface area (Å²) >= 11 is 2.80. The highest BCUT2D eigenvalue weighted by molar-refractivity contribution is 7.21. The van der Waals surface area contributed by atoms with E-state index in [1.54, 1.807) is 29.5 Å². The molecule has 3 heterocycles. The summed E-state index contributed by atoms with van der Waals surface area (Å²) in [6.07, 6.45) is 1.44. The lowest BCUT2D eigenvalue weighted by molar-refractivity contribution is 0.0995. The van der Waals surface area contributed by atoms with E-state index >= 15 is 0 Å². The van der Waals surface area contributed by atoms with Crippen LogP contribution in [0.4, 0.5) is 10.7 Å². The maximum atomic E-state index is 13.1. The van der Waals surface area contributed by atoms with Crippen molar-refractivity contribution in [3.8, 4) is 10.6 Å². The topological polar surface area (TPSA) is 84.2 Å². The molecule has 3 aromatic heterocycles. The Balaban J connectivity index is 1.39. The zero-order chi connectivity index (χ0) is 22.1. The Morgan fingerprint density at radius 1 is 0.906 bits per heavy atom. The summed E-state index contributed by atoms with van der Waals surface area (Å²) in [5, 5.41) is 7.21. The molecule has 32 heavy (non-hydrogen) atoms. The molecule has 2 aromatic carbocycles. The second-order valence-corrected chi connectivity index (χ2v) is 9.12. The minimum Gasteiger partial charge on any atom is -0.459 e. The quantitative estimate of drug-likeness (QED) is 0.317. The van der Waals surface area contributed by atoms with Gasteiger partial charge in [-0.2, -0.15) is 0 Å². The lowest BCUT2D eigenvalue weighted by atomic mass is 10.1. The summed E-state index contributed by atoms with van der Waals surface area (Å²) in [4.78, 5) is 30.5. The van der Waals surface area contributed by atoms with Crippen LogP contribution in [0.2, 0.25) is 0 Å². The fraction of sp³-hybridized carbons (Fsp3) is 0.0417. The normalized spacial score (nSPS) is 10.9. The summed E-state index contributed by atoms with van der Waals surface area (Å²) in [6.45, 7) is 1.84. The lowest BCUT2D eigenvalue weighted by Crippen LogP contribution is -2.12. The van der Waals surface area contributed by atoms with Crippen LogP contribution in [-0.4, -0.2) is 16.8 Å². The van der Waals surface area contributed by atoms with Crippen LogP contribution in [0.3, 0.4) is 0 Å². The van der Waals surface area contributed by atoms with Crippen LogP contribution in [0.5, 0.6) is 0 Å². The predicted molar refractivity (Wildman–Crippen MR) is 129 cm³/mol. The molecule has 0 unspecified atom stereocenters. The molecule has 0 aliphatic carbocycles. The van der Waals surface area contributed by atoms with Gasteiger partial charge in [0, 0.05) is 5.56 Å². The van der Waals surface area contributed by atoms with Crippen LogP contribution < -0.4 is 10.6 Å². The second-order valence-electron chi connectivity index (χ2n) is 7.04. The first-order valence-corrected chi connectivity index (χ1v) is 11.4. The summed E-state index contributed by atoms with van der Waals surface area (Å²) in [7, 11) is 0. The Morgan fingerprint density at radius 2 is 1.72 bits per heavy atom. The molecular weight excluding hydrogens is 442 g/mol. The zero-order valence-corrected chi connectivity index (χ0v) is 18.5. The second kappa shape index (κ2) is 8.41. The highest BCUT2D eigenvalue weighted by atomic mass is 32.1. The number of carbonyl (C=O) groups excluding carboxylic acids is 2. The molecule has 0 bridgehead atoms. The van der Waals surface area contributed by atoms with Crippen LogP contribution in [0.15, 0.2) is 77.4 Å². The van der Waals surface area contributed by atoms with Crippen LogP contribution in [0.1, 0.15) is 25.8 Å². The van der Waals surface area contributed by atoms with Crippen molar-refractivity contribution in [2.45, 2.75) is 6.92 Å². The maximum Gasteiger partial charge on any atom is 0.291 e. The number of anilines is 2. The van der Waals surface area contributed by atoms with E-state index in [9.17, 15) is 9.59 Å². The van der Waals surface area contributed by atoms with Crippen molar-refractivity contribution in [3.05, 3.63) is 89.2 Å². The molecule has 0 spiro atoms. The van der Waals surface area contributed by atoms with Gasteiger partial charge >= 0.3 is 0 Å². The number of para-hydroxylation sites is 2. The minimum atomic E-state index is -0.357. The van der Waals surface area contributed by atoms with Gasteiger partial charge in [-0.15, -0.1) is 22.7 Å². The minimum absolute atomic E-state index is 0.215. The van der Waals surface area contributed by atoms with Crippen molar-refractivity contribution in [1.82, 2.24) is 4.98 Å². The van der Waals surface area contributed by atoms with E-state index in [4.69, 9.17) is 9.40 Å². The fourth-order valence-electron chi connectivity index (χ4n) is 3.30. The molecule has 2 amide bonds. The molecule has 0 saturated heterocycles. The fourth-order valence-corrected chi connectivity index (χ4v) is 5.26. The Bertz CT molecular complexity index is 1400. The number of amides is 2. The summed E-state index contributed by atoms with van der Waals surface area (Å²) < 4.78 is 6.21. The van der Waals surface area contributed by atoms with Crippen molar-refractivity contribution >= 4 is 55.4 Å². The number of thiophene rings is 1. The van der Waals surface area contributed by atoms with Crippen molar-refractivity contribution in [2.24, 2.45) is 0 Å². The van der Waals surface area contributed by atoms with Gasteiger partial charge in [0.15, 0.2) is 5.76 Å². The Kier molecular flexibility index (Phi) is 5.30. The first-order chi connectivity index (χ1) is 15.6. The molecule has 5 rings (SSSR count). The number of carbonyl (C=O) groups is 2. The SMILES string of the molecule is Cc1cc(NC(=O)c2ccco2)sc1C(=O)Nc1ccccc1-c1nc2ccccc2s1. The van der Waals surface area contributed by atoms with E-state index < -0.39 is 0 Å². The van der Waals surface area contributed by atoms with Crippen molar-refractivity contribution in [2.75, 3.05) is 10.6 Å². The largest absolute Gasteiger partial charge is 0.459 e. The summed E-state index contributed by atoms with van der Waals surface area (Å²) in [6, 6.07) is 20.6. The molecule has 5 aromatic rings. The molecule has 6 nitrogen and oxygen atoms in total. The maximum absolute atomic E-state index is 13.1. The third kappa shape index (κ3) is 3.93. The predicted octanol–water partition coefficient (Wildman–Crippen LogP) is 6.43. The monoisotopic (exact) mass is 459 g/mol. The lowest BCUT2D eigenvalue weighted by Gasteiger charge is -2.09. The van der Waals surface area contributed by atoms with Gasteiger partial charge in [0.1, 0.15) is 5.01 Å².